The summed E-state index contributed by atoms with van der Waals surface area (Å²) in [7, 11) is 14.0. The van der Waals surface area contributed by atoms with E-state index in [0.29, 0.717) is 102 Å². The molecule has 5 aliphatic rings. The highest BCUT2D eigenvalue weighted by molar-refractivity contribution is 9.11. The zero-order chi connectivity index (χ0) is 80.5. The topological polar surface area (TPSA) is 415 Å². The third-order valence-corrected chi connectivity index (χ3v) is 18.1. The van der Waals surface area contributed by atoms with Crippen LogP contribution in [-0.4, -0.2) is 99.0 Å². The largest absolute Gasteiger partial charge is 0.508 e. The molecule has 1 amide bonds. The van der Waals surface area contributed by atoms with Crippen LogP contribution in [0.3, 0.4) is 0 Å². The van der Waals surface area contributed by atoms with Gasteiger partial charge in [-0.2, -0.15) is 26.3 Å². The summed E-state index contributed by atoms with van der Waals surface area (Å²) in [5.41, 5.74) is 32.9. The summed E-state index contributed by atoms with van der Waals surface area (Å²) in [6.07, 6.45) is 0.718. The summed E-state index contributed by atoms with van der Waals surface area (Å²) in [5, 5.41) is 55.6. The Morgan fingerprint density at radius 3 is 1.55 bits per heavy atom. The maximum absolute atomic E-state index is 12.0. The van der Waals surface area contributed by atoms with Crippen molar-refractivity contribution in [2.24, 2.45) is 17.4 Å². The van der Waals surface area contributed by atoms with Crippen molar-refractivity contribution in [3.63, 3.8) is 0 Å². The molecule has 110 heavy (non-hydrogen) atoms. The fourth-order valence-corrected chi connectivity index (χ4v) is 12.6. The number of hydrogen-bond acceptors (Lipinski definition) is 26. The summed E-state index contributed by atoms with van der Waals surface area (Å²) < 4.78 is 61.5. The van der Waals surface area contributed by atoms with Gasteiger partial charge in [-0.25, -0.2) is 0 Å². The highest BCUT2D eigenvalue weighted by Gasteiger charge is 2.40. The molecule has 30 heteroatoms. The maximum Gasteiger partial charge on any atom is 0.231 e. The van der Waals surface area contributed by atoms with Crippen LogP contribution in [0.15, 0.2) is 171 Å². The first-order valence-corrected chi connectivity index (χ1v) is 35.3. The molecule has 0 radical (unpaired) electrons. The first-order chi connectivity index (χ1) is 52.8. The van der Waals surface area contributed by atoms with E-state index in [1.165, 1.54) is 13.2 Å². The molecule has 5 unspecified atom stereocenters. The quantitative estimate of drug-likeness (QED) is 0.0355. The molecule has 5 heterocycles. The van der Waals surface area contributed by atoms with E-state index < -0.39 is 18.1 Å². The fraction of sp³-hybridized carbons (Fsp3) is 0.250. The van der Waals surface area contributed by atoms with Crippen LogP contribution in [0, 0.1) is 62.6 Å². The van der Waals surface area contributed by atoms with Gasteiger partial charge in [0.2, 0.25) is 36.5 Å². The van der Waals surface area contributed by atoms with Gasteiger partial charge in [0.15, 0.2) is 52.2 Å². The van der Waals surface area contributed by atoms with Crippen LogP contribution in [0.25, 0.3) is 0 Å². The monoisotopic (exact) mass is 1640 g/mol. The number of carbonyl (C=O) groups is 3. The van der Waals surface area contributed by atoms with E-state index in [9.17, 15) is 30.2 Å². The van der Waals surface area contributed by atoms with Gasteiger partial charge in [-0.1, -0.05) is 50.2 Å². The highest BCUT2D eigenvalue weighted by atomic mass is 79.9. The lowest BCUT2D eigenvalue weighted by molar-refractivity contribution is -0.120. The lowest BCUT2D eigenvalue weighted by Crippen LogP contribution is -2.42. The van der Waals surface area contributed by atoms with E-state index in [1.807, 2.05) is 129 Å². The molecule has 0 aromatic heterocycles. The number of nitrogens with one attached hydrogen (secondary N) is 1. The second-order valence-corrected chi connectivity index (χ2v) is 26.2. The summed E-state index contributed by atoms with van der Waals surface area (Å²) >= 11 is 11.6. The van der Waals surface area contributed by atoms with E-state index in [0.717, 1.165) is 55.5 Å². The van der Waals surface area contributed by atoms with Gasteiger partial charge in [-0.3, -0.25) is 25.4 Å². The van der Waals surface area contributed by atoms with Crippen LogP contribution in [0.5, 0.6) is 69.0 Å². The molecule has 10 N–H and O–H groups in total. The van der Waals surface area contributed by atoms with Crippen molar-refractivity contribution in [3.05, 3.63) is 210 Å². The summed E-state index contributed by atoms with van der Waals surface area (Å²) in [6.45, 7) is 3.85. The molecule has 13 rings (SSSR count). The normalized spacial score (nSPS) is 15.6. The van der Waals surface area contributed by atoms with Crippen molar-refractivity contribution in [2.75, 3.05) is 91.5 Å². The minimum atomic E-state index is -0.754. The number of aldehydes is 1. The number of ether oxygens (including phenoxy) is 11. The van der Waals surface area contributed by atoms with Crippen molar-refractivity contribution in [1.29, 1.82) is 26.3 Å². The van der Waals surface area contributed by atoms with Crippen molar-refractivity contribution < 1.29 is 71.6 Å². The maximum atomic E-state index is 12.0. The number of methoxy groups -OCH3 is 4. The summed E-state index contributed by atoms with van der Waals surface area (Å²) in [5.74, 6) is 5.59. The number of halogens is 3. The number of fused-ring (bicyclic) bond motifs is 5. The zero-order valence-corrected chi connectivity index (χ0v) is 65.4. The standard InChI is InChI=1S/C22H21N3O4.C19H17N3O3.C18H18BrN3O3.C9H9BrO3.C6H7NO.C3H5ClO.C3H2N2/c1-4-20(26)24-22-16(11-23)21(13-5-8-17-19(9-13)28-12-27-17)15-7-6-14(25(2)3)10-18(15)29-22;1-22(2)12-4-5-13-16(8-12)25-19(21)14(9-20)18(13)11-3-6-15-17(7-11)24-10-23-15;1-23-15-6-9(5-13(19)17(15)24-2)16-11-4-3-10(21)7-14(11)25-18(22)12(16)8-20;1-12-8-4-6(5-11)3-7(10)9(8)13-2;7-5-2-1-3-6(8)4-5;1-2-3(4)5;4-2-1-3-5/h5-10,21H,4,12H2,1-3H3,(H,24,26);3-8,18H,10,21H2,1-2H3;3-7,12,16,18H,21-22H2,1-2H3;3-5H,1-2H3;1-4,8H,7H2;2H2,1H3;1H2. The van der Waals surface area contributed by atoms with Crippen LogP contribution in [0.1, 0.15) is 94.6 Å². The van der Waals surface area contributed by atoms with E-state index >= 15 is 0 Å². The molecule has 5 atom stereocenters. The fourth-order valence-electron chi connectivity index (χ4n) is 11.3. The van der Waals surface area contributed by atoms with Crippen molar-refractivity contribution in [1.82, 2.24) is 5.32 Å². The Kier molecular flexibility index (Phi) is 31.0. The third-order valence-electron chi connectivity index (χ3n) is 16.7. The highest BCUT2D eigenvalue weighted by Crippen LogP contribution is 2.50. The smallest absolute Gasteiger partial charge is 0.231 e. The Hall–Kier alpha value is -12.7. The number of hydrogen-bond donors (Lipinski definition) is 6. The molecule has 0 saturated carbocycles. The Bertz CT molecular complexity index is 4940. The number of phenols is 1. The molecule has 0 bridgehead atoms. The molecular formula is C80H79Br2ClN12O15. The van der Waals surface area contributed by atoms with Crippen LogP contribution in [-0.2, 0) is 9.59 Å². The Balaban J connectivity index is 0.000000193. The predicted molar refractivity (Wildman–Crippen MR) is 419 cm³/mol. The van der Waals surface area contributed by atoms with Gasteiger partial charge in [-0.05, 0) is 139 Å². The Labute approximate surface area is 658 Å². The average molecular weight is 1640 g/mol. The van der Waals surface area contributed by atoms with Crippen molar-refractivity contribution in [2.45, 2.75) is 57.1 Å². The number of nitrogens with two attached hydrogens (primary N) is 4. The number of amides is 1. The van der Waals surface area contributed by atoms with Crippen LogP contribution in [0.2, 0.25) is 0 Å². The van der Waals surface area contributed by atoms with Crippen molar-refractivity contribution >= 4 is 83.6 Å². The van der Waals surface area contributed by atoms with Crippen LogP contribution >= 0.6 is 43.5 Å². The summed E-state index contributed by atoms with van der Waals surface area (Å²) in [4.78, 5) is 36.1. The number of aromatic hydroxyl groups is 1. The minimum absolute atomic E-state index is 0. The molecule has 0 fully saturated rings. The van der Waals surface area contributed by atoms with Gasteiger partial charge in [0.05, 0.1) is 67.4 Å². The summed E-state index contributed by atoms with van der Waals surface area (Å²) in [6, 6.07) is 52.0. The van der Waals surface area contributed by atoms with Crippen LogP contribution < -0.4 is 90.2 Å². The average Bonchev–Trinajstić information content (AvgIpc) is 0.933. The molecule has 8 aromatic carbocycles. The predicted octanol–water partition coefficient (Wildman–Crippen LogP) is 13.8. The lowest BCUT2D eigenvalue weighted by atomic mass is 9.78. The Morgan fingerprint density at radius 1 is 0.591 bits per heavy atom. The number of carbonyl (C=O) groups excluding carboxylic acids is 3. The van der Waals surface area contributed by atoms with Crippen molar-refractivity contribution in [3.8, 4) is 99.3 Å². The second kappa shape index (κ2) is 40.3. The van der Waals surface area contributed by atoms with Gasteiger partial charge in [-0.15, -0.1) is 0 Å². The first kappa shape index (κ1) is 84.6. The lowest BCUT2D eigenvalue weighted by Gasteiger charge is -2.35. The van der Waals surface area contributed by atoms with Gasteiger partial charge in [0, 0.05) is 116 Å². The number of anilines is 4. The third kappa shape index (κ3) is 21.1. The molecule has 0 spiro atoms. The molecule has 27 nitrogen and oxygen atoms in total. The molecule has 5 aliphatic heterocycles. The van der Waals surface area contributed by atoms with E-state index in [2.05, 4.69) is 55.4 Å². The zero-order valence-electron chi connectivity index (χ0n) is 61.5. The minimum Gasteiger partial charge on any atom is -0.508 e. The molecular weight excluding hydrogens is 1560 g/mol. The second-order valence-electron chi connectivity index (χ2n) is 24.1. The Morgan fingerprint density at radius 2 is 1.10 bits per heavy atom. The van der Waals surface area contributed by atoms with Crippen LogP contribution in [0.4, 0.5) is 22.7 Å². The molecule has 0 saturated heterocycles. The first-order valence-electron chi connectivity index (χ1n) is 33.4. The molecule has 570 valence electrons. The van der Waals surface area contributed by atoms with Gasteiger partial charge >= 0.3 is 0 Å². The number of nitriles is 5. The number of allylic oxidation sites excluding steroid dienone is 2. The number of phenolic OH excluding ortho intramolecular Hbond substituents is 1. The molecule has 8 aromatic rings. The van der Waals surface area contributed by atoms with Gasteiger partial charge in [0.25, 0.3) is 0 Å². The van der Waals surface area contributed by atoms with Gasteiger partial charge in [0.1, 0.15) is 64.9 Å². The van der Waals surface area contributed by atoms with E-state index in [-0.39, 0.29) is 66.9 Å². The number of benzene rings is 8. The molecule has 0 aliphatic carbocycles. The number of rotatable bonds is 13. The SMILES string of the molecule is CCC(=O)Cl.CCC(=O)NC1=C(C#N)C(c2ccc3c(c2)OCO3)c2ccc(N(C)C)cc2O1.CN(C)c1ccc2c(c1)OC(N)=C(C#N)C2c1ccc2c(c1)OCO2.COc1cc(C2c3ccc(N)cc3OC(N)C2C#N)cc(Br)c1OC.COc1cc(C=O)cc(Br)c1OC.N#CCC#N.Nc1cccc(O)c1. The number of nitrogens with zero attached hydrogens (tertiary/aromatic N) is 7. The number of nitrogen functional groups attached to an aromatic ring is 2. The van der Waals surface area contributed by atoms with Gasteiger partial charge < -0.3 is 84.2 Å². The van der Waals surface area contributed by atoms with E-state index in [4.69, 9.17) is 102 Å². The van der Waals surface area contributed by atoms with E-state index in [1.54, 1.807) is 89.8 Å².